The largest absolute Gasteiger partial charge is 0.339 e. The molecular weight excluding hydrogens is 373 g/mol. The monoisotopic (exact) mass is 393 g/mol. The van der Waals surface area contributed by atoms with Crippen molar-refractivity contribution in [3.05, 3.63) is 76.3 Å². The van der Waals surface area contributed by atoms with Crippen molar-refractivity contribution in [3.8, 4) is 0 Å². The number of nitrogens with one attached hydrogen (secondary N) is 1. The molecule has 0 bridgehead atoms. The number of carbonyl (C=O) groups is 2. The zero-order chi connectivity index (χ0) is 20.4. The predicted octanol–water partition coefficient (Wildman–Crippen LogP) is 3.02. The molecule has 1 aliphatic rings. The molecule has 3 aromatic rings. The maximum atomic E-state index is 13.3. The van der Waals surface area contributed by atoms with Crippen LogP contribution in [-0.2, 0) is 11.3 Å². The van der Waals surface area contributed by atoms with Crippen molar-refractivity contribution in [2.45, 2.75) is 19.4 Å². The first kappa shape index (κ1) is 18.9. The van der Waals surface area contributed by atoms with Gasteiger partial charge in [-0.05, 0) is 37.1 Å². The molecular formula is C22H20FN3O3. The molecule has 0 unspecified atom stereocenters. The Morgan fingerprint density at radius 3 is 2.52 bits per heavy atom. The molecule has 0 saturated carbocycles. The van der Waals surface area contributed by atoms with Gasteiger partial charge < -0.3 is 10.2 Å². The number of aromatic nitrogens is 1. The van der Waals surface area contributed by atoms with E-state index in [4.69, 9.17) is 0 Å². The van der Waals surface area contributed by atoms with Crippen molar-refractivity contribution in [1.29, 1.82) is 0 Å². The number of hydrogen-bond donors (Lipinski definition) is 1. The Kier molecular flexibility index (Phi) is 5.12. The third-order valence-electron chi connectivity index (χ3n) is 5.05. The second-order valence-corrected chi connectivity index (χ2v) is 7.06. The quantitative estimate of drug-likeness (QED) is 0.741. The highest BCUT2D eigenvalue weighted by Gasteiger charge is 2.23. The minimum atomic E-state index is -0.463. The Balaban J connectivity index is 1.67. The maximum absolute atomic E-state index is 13.3. The standard InChI is InChI=1S/C22H20FN3O3/c23-15-6-5-7-16(12-15)24-20(27)14-26-19-9-2-1-8-17(19)18(13-21(26)28)22(29)25-10-3-4-11-25/h1-2,5-9,12-13H,3-4,10-11,14H2,(H,24,27). The summed E-state index contributed by atoms with van der Waals surface area (Å²) in [6.45, 7) is 1.13. The molecule has 2 amide bonds. The third kappa shape index (κ3) is 3.89. The van der Waals surface area contributed by atoms with Crippen LogP contribution in [0, 0.1) is 5.82 Å². The summed E-state index contributed by atoms with van der Waals surface area (Å²) in [7, 11) is 0. The highest BCUT2D eigenvalue weighted by atomic mass is 19.1. The summed E-state index contributed by atoms with van der Waals surface area (Å²) in [5.74, 6) is -1.08. The fraction of sp³-hybridized carbons (Fsp3) is 0.227. The maximum Gasteiger partial charge on any atom is 0.254 e. The van der Waals surface area contributed by atoms with Crippen molar-refractivity contribution in [1.82, 2.24) is 9.47 Å². The predicted molar refractivity (Wildman–Crippen MR) is 108 cm³/mol. The van der Waals surface area contributed by atoms with Gasteiger partial charge in [0.15, 0.2) is 0 Å². The molecule has 6 nitrogen and oxygen atoms in total. The molecule has 2 heterocycles. The van der Waals surface area contributed by atoms with Gasteiger partial charge in [0.25, 0.3) is 11.5 Å². The van der Waals surface area contributed by atoms with Gasteiger partial charge in [-0.3, -0.25) is 19.0 Å². The van der Waals surface area contributed by atoms with E-state index in [1.165, 1.54) is 28.8 Å². The lowest BCUT2D eigenvalue weighted by molar-refractivity contribution is -0.116. The minimum Gasteiger partial charge on any atom is -0.339 e. The molecule has 148 valence electrons. The fourth-order valence-electron chi connectivity index (χ4n) is 3.68. The average molecular weight is 393 g/mol. The van der Waals surface area contributed by atoms with Crippen molar-refractivity contribution in [2.24, 2.45) is 0 Å². The van der Waals surface area contributed by atoms with Crippen molar-refractivity contribution in [2.75, 3.05) is 18.4 Å². The zero-order valence-corrected chi connectivity index (χ0v) is 15.7. The molecule has 0 aliphatic carbocycles. The summed E-state index contributed by atoms with van der Waals surface area (Å²) in [6.07, 6.45) is 1.92. The first-order chi connectivity index (χ1) is 14.0. The first-order valence-corrected chi connectivity index (χ1v) is 9.50. The van der Waals surface area contributed by atoms with Crippen molar-refractivity contribution in [3.63, 3.8) is 0 Å². The number of nitrogens with zero attached hydrogens (tertiary/aromatic N) is 2. The molecule has 1 aliphatic heterocycles. The number of pyridine rings is 1. The lowest BCUT2D eigenvalue weighted by Crippen LogP contribution is -2.32. The van der Waals surface area contributed by atoms with Crippen LogP contribution in [0.4, 0.5) is 10.1 Å². The highest BCUT2D eigenvalue weighted by molar-refractivity contribution is 6.06. The van der Waals surface area contributed by atoms with Gasteiger partial charge in [-0.25, -0.2) is 4.39 Å². The molecule has 0 radical (unpaired) electrons. The molecule has 29 heavy (non-hydrogen) atoms. The number of anilines is 1. The van der Waals surface area contributed by atoms with E-state index in [0.717, 1.165) is 12.8 Å². The van der Waals surface area contributed by atoms with Crippen LogP contribution < -0.4 is 10.9 Å². The van der Waals surface area contributed by atoms with E-state index in [0.29, 0.717) is 35.2 Å². The van der Waals surface area contributed by atoms with E-state index < -0.39 is 17.3 Å². The summed E-state index contributed by atoms with van der Waals surface area (Å²) in [6, 6.07) is 13.9. The topological polar surface area (TPSA) is 71.4 Å². The van der Waals surface area contributed by atoms with Crippen LogP contribution in [-0.4, -0.2) is 34.4 Å². The number of fused-ring (bicyclic) bond motifs is 1. The highest BCUT2D eigenvalue weighted by Crippen LogP contribution is 2.21. The summed E-state index contributed by atoms with van der Waals surface area (Å²) >= 11 is 0. The van der Waals surface area contributed by atoms with E-state index in [2.05, 4.69) is 5.32 Å². The van der Waals surface area contributed by atoms with Gasteiger partial charge >= 0.3 is 0 Å². The van der Waals surface area contributed by atoms with Crippen LogP contribution in [0.1, 0.15) is 23.2 Å². The van der Waals surface area contributed by atoms with E-state index in [1.54, 1.807) is 35.2 Å². The molecule has 1 aromatic heterocycles. The van der Waals surface area contributed by atoms with Crippen LogP contribution in [0.15, 0.2) is 59.4 Å². The summed E-state index contributed by atoms with van der Waals surface area (Å²) in [4.78, 5) is 39.9. The van der Waals surface area contributed by atoms with Gasteiger partial charge in [-0.2, -0.15) is 0 Å². The SMILES string of the molecule is O=C(Cn1c(=O)cc(C(=O)N2CCCC2)c2ccccc21)Nc1cccc(F)c1. The van der Waals surface area contributed by atoms with Gasteiger partial charge in [0.2, 0.25) is 5.91 Å². The van der Waals surface area contributed by atoms with Crippen LogP contribution in [0.5, 0.6) is 0 Å². The average Bonchev–Trinajstić information content (AvgIpc) is 3.24. The van der Waals surface area contributed by atoms with Crippen LogP contribution >= 0.6 is 0 Å². The molecule has 4 rings (SSSR count). The number of rotatable bonds is 4. The number of para-hydroxylation sites is 1. The molecule has 7 heteroatoms. The normalized spacial score (nSPS) is 13.6. The molecule has 1 N–H and O–H groups in total. The Labute approximate surface area is 166 Å². The summed E-state index contributed by atoms with van der Waals surface area (Å²) in [5, 5.41) is 3.22. The van der Waals surface area contributed by atoms with Gasteiger partial charge in [-0.15, -0.1) is 0 Å². The van der Waals surface area contributed by atoms with Gasteiger partial charge in [0.1, 0.15) is 12.4 Å². The zero-order valence-electron chi connectivity index (χ0n) is 15.7. The summed E-state index contributed by atoms with van der Waals surface area (Å²) < 4.78 is 14.6. The number of amides is 2. The smallest absolute Gasteiger partial charge is 0.254 e. The van der Waals surface area contributed by atoms with Gasteiger partial charge in [0, 0.05) is 30.2 Å². The number of carbonyl (C=O) groups excluding carboxylic acids is 2. The molecule has 0 spiro atoms. The van der Waals surface area contributed by atoms with Crippen LogP contribution in [0.2, 0.25) is 0 Å². The first-order valence-electron chi connectivity index (χ1n) is 9.50. The van der Waals surface area contributed by atoms with E-state index in [-0.39, 0.29) is 12.5 Å². The lowest BCUT2D eigenvalue weighted by Gasteiger charge is -2.18. The molecule has 2 aromatic carbocycles. The lowest BCUT2D eigenvalue weighted by atomic mass is 10.1. The number of hydrogen-bond acceptors (Lipinski definition) is 3. The van der Waals surface area contributed by atoms with Gasteiger partial charge in [-0.1, -0.05) is 24.3 Å². The number of benzene rings is 2. The third-order valence-corrected chi connectivity index (χ3v) is 5.05. The number of halogens is 1. The molecule has 1 saturated heterocycles. The Morgan fingerprint density at radius 1 is 1.00 bits per heavy atom. The Hall–Kier alpha value is -3.48. The fourth-order valence-corrected chi connectivity index (χ4v) is 3.68. The minimum absolute atomic E-state index is 0.160. The second-order valence-electron chi connectivity index (χ2n) is 7.06. The van der Waals surface area contributed by atoms with Crippen molar-refractivity contribution < 1.29 is 14.0 Å². The van der Waals surface area contributed by atoms with Crippen LogP contribution in [0.3, 0.4) is 0 Å². The van der Waals surface area contributed by atoms with E-state index >= 15 is 0 Å². The van der Waals surface area contributed by atoms with Gasteiger partial charge in [0.05, 0.1) is 11.1 Å². The van der Waals surface area contributed by atoms with E-state index in [1.807, 2.05) is 0 Å². The number of likely N-dealkylation sites (tertiary alicyclic amines) is 1. The van der Waals surface area contributed by atoms with E-state index in [9.17, 15) is 18.8 Å². The van der Waals surface area contributed by atoms with Crippen LogP contribution in [0.25, 0.3) is 10.9 Å². The second kappa shape index (κ2) is 7.87. The Morgan fingerprint density at radius 2 is 1.76 bits per heavy atom. The van der Waals surface area contributed by atoms with Crippen molar-refractivity contribution >= 4 is 28.4 Å². The molecule has 1 fully saturated rings. The summed E-state index contributed by atoms with van der Waals surface area (Å²) in [5.41, 5.74) is 0.750. The molecule has 0 atom stereocenters. The Bertz CT molecular complexity index is 1150.